The summed E-state index contributed by atoms with van der Waals surface area (Å²) in [6.07, 6.45) is 2.01. The monoisotopic (exact) mass is 381 g/mol. The van der Waals surface area contributed by atoms with E-state index in [9.17, 15) is 9.59 Å². The predicted octanol–water partition coefficient (Wildman–Crippen LogP) is 3.71. The first-order valence-corrected chi connectivity index (χ1v) is 9.87. The standard InChI is InChI=1S/C21H19NO4S/c1-25-12-11-22-18(13-7-9-14(27-2)10-8-13)17-19(23)15-5-3-4-6-16(15)26-20(17)21(22)24/h3-10,18H,11-12H2,1-2H3/t18-/m1/s1. The van der Waals surface area contributed by atoms with Gasteiger partial charge in [-0.15, -0.1) is 11.8 Å². The number of rotatable bonds is 5. The number of fused-ring (bicyclic) bond motifs is 2. The zero-order chi connectivity index (χ0) is 19.0. The Morgan fingerprint density at radius 3 is 2.56 bits per heavy atom. The number of benzene rings is 2. The van der Waals surface area contributed by atoms with Crippen molar-refractivity contribution in [2.45, 2.75) is 10.9 Å². The molecule has 0 saturated carbocycles. The summed E-state index contributed by atoms with van der Waals surface area (Å²) in [5.41, 5.74) is 1.57. The zero-order valence-electron chi connectivity index (χ0n) is 15.1. The molecular weight excluding hydrogens is 362 g/mol. The van der Waals surface area contributed by atoms with Crippen LogP contribution in [0.3, 0.4) is 0 Å². The van der Waals surface area contributed by atoms with Gasteiger partial charge < -0.3 is 14.1 Å². The van der Waals surface area contributed by atoms with Crippen LogP contribution in [0.15, 0.2) is 62.6 Å². The summed E-state index contributed by atoms with van der Waals surface area (Å²) in [4.78, 5) is 29.0. The zero-order valence-corrected chi connectivity index (χ0v) is 15.9. The molecule has 27 heavy (non-hydrogen) atoms. The van der Waals surface area contributed by atoms with Gasteiger partial charge in [0.05, 0.1) is 23.6 Å². The van der Waals surface area contributed by atoms with Gasteiger partial charge in [-0.2, -0.15) is 0 Å². The van der Waals surface area contributed by atoms with E-state index < -0.39 is 6.04 Å². The maximum atomic E-state index is 13.2. The van der Waals surface area contributed by atoms with Crippen LogP contribution in [0.4, 0.5) is 0 Å². The van der Waals surface area contributed by atoms with Crippen molar-refractivity contribution in [3.8, 4) is 0 Å². The molecule has 1 amide bonds. The molecular formula is C21H19NO4S. The first-order valence-electron chi connectivity index (χ1n) is 8.65. The predicted molar refractivity (Wildman–Crippen MR) is 105 cm³/mol. The number of thioether (sulfide) groups is 1. The summed E-state index contributed by atoms with van der Waals surface area (Å²) in [5, 5.41) is 0.489. The molecule has 5 nitrogen and oxygen atoms in total. The van der Waals surface area contributed by atoms with Gasteiger partial charge in [-0.3, -0.25) is 9.59 Å². The molecule has 2 aromatic carbocycles. The highest BCUT2D eigenvalue weighted by Gasteiger charge is 2.42. The summed E-state index contributed by atoms with van der Waals surface area (Å²) in [6, 6.07) is 14.5. The van der Waals surface area contributed by atoms with Crippen LogP contribution in [0.2, 0.25) is 0 Å². The lowest BCUT2D eigenvalue weighted by molar-refractivity contribution is 0.0663. The average Bonchev–Trinajstić information content (AvgIpc) is 2.99. The van der Waals surface area contributed by atoms with E-state index in [1.165, 1.54) is 0 Å². The first kappa shape index (κ1) is 17.8. The van der Waals surface area contributed by atoms with Crippen LogP contribution in [-0.2, 0) is 4.74 Å². The van der Waals surface area contributed by atoms with Gasteiger partial charge in [0.25, 0.3) is 5.91 Å². The third-order valence-electron chi connectivity index (χ3n) is 4.84. The largest absolute Gasteiger partial charge is 0.450 e. The fourth-order valence-electron chi connectivity index (χ4n) is 3.52. The molecule has 1 atom stereocenters. The molecule has 0 aliphatic carbocycles. The number of nitrogens with zero attached hydrogens (tertiary/aromatic N) is 1. The van der Waals surface area contributed by atoms with Gasteiger partial charge in [0, 0.05) is 18.6 Å². The van der Waals surface area contributed by atoms with E-state index in [1.807, 2.05) is 30.5 Å². The Kier molecular flexibility index (Phi) is 4.76. The second-order valence-electron chi connectivity index (χ2n) is 6.34. The molecule has 0 bridgehead atoms. The van der Waals surface area contributed by atoms with Crippen LogP contribution >= 0.6 is 11.8 Å². The Morgan fingerprint density at radius 2 is 1.85 bits per heavy atom. The van der Waals surface area contributed by atoms with Crippen LogP contribution in [0.25, 0.3) is 11.0 Å². The molecule has 0 spiro atoms. The third-order valence-corrected chi connectivity index (χ3v) is 5.58. The quantitative estimate of drug-likeness (QED) is 0.631. The molecule has 1 aromatic heterocycles. The van der Waals surface area contributed by atoms with Crippen molar-refractivity contribution in [3.05, 3.63) is 75.6 Å². The third kappa shape index (κ3) is 2.95. The SMILES string of the molecule is COCCN1C(=O)c2oc3ccccc3c(=O)c2[C@H]1c1ccc(SC)cc1. The van der Waals surface area contributed by atoms with Gasteiger partial charge in [-0.1, -0.05) is 24.3 Å². The topological polar surface area (TPSA) is 59.8 Å². The van der Waals surface area contributed by atoms with Crippen LogP contribution in [0, 0.1) is 0 Å². The number of amides is 1. The van der Waals surface area contributed by atoms with Crippen LogP contribution in [0.5, 0.6) is 0 Å². The van der Waals surface area contributed by atoms with Crippen LogP contribution in [0.1, 0.15) is 27.7 Å². The van der Waals surface area contributed by atoms with Crippen molar-refractivity contribution in [2.75, 3.05) is 26.5 Å². The van der Waals surface area contributed by atoms with E-state index in [4.69, 9.17) is 9.15 Å². The molecule has 138 valence electrons. The number of hydrogen-bond acceptors (Lipinski definition) is 5. The minimum absolute atomic E-state index is 0.133. The fourth-order valence-corrected chi connectivity index (χ4v) is 3.93. The highest BCUT2D eigenvalue weighted by molar-refractivity contribution is 7.98. The molecule has 6 heteroatoms. The Balaban J connectivity index is 1.93. The van der Waals surface area contributed by atoms with Gasteiger partial charge in [0.1, 0.15) is 5.58 Å². The second-order valence-corrected chi connectivity index (χ2v) is 7.22. The average molecular weight is 381 g/mol. The van der Waals surface area contributed by atoms with Crippen molar-refractivity contribution in [1.82, 2.24) is 4.90 Å². The summed E-state index contributed by atoms with van der Waals surface area (Å²) in [6.45, 7) is 0.761. The van der Waals surface area contributed by atoms with E-state index >= 15 is 0 Å². The van der Waals surface area contributed by atoms with Crippen LogP contribution in [-0.4, -0.2) is 37.3 Å². The number of methoxy groups -OCH3 is 1. The van der Waals surface area contributed by atoms with Crippen molar-refractivity contribution in [3.63, 3.8) is 0 Å². The summed E-state index contributed by atoms with van der Waals surface area (Å²) < 4.78 is 11.0. The fraction of sp³-hybridized carbons (Fsp3) is 0.238. The van der Waals surface area contributed by atoms with Crippen LogP contribution < -0.4 is 5.43 Å². The number of ether oxygens (including phenoxy) is 1. The van der Waals surface area contributed by atoms with Crippen molar-refractivity contribution < 1.29 is 13.9 Å². The summed E-state index contributed by atoms with van der Waals surface area (Å²) in [7, 11) is 1.59. The molecule has 0 N–H and O–H groups in total. The molecule has 2 heterocycles. The number of carbonyl (C=O) groups excluding carboxylic acids is 1. The number of para-hydroxylation sites is 1. The number of carbonyl (C=O) groups is 1. The summed E-state index contributed by atoms with van der Waals surface area (Å²) >= 11 is 1.65. The minimum atomic E-state index is -0.473. The maximum absolute atomic E-state index is 13.2. The second kappa shape index (κ2) is 7.21. The lowest BCUT2D eigenvalue weighted by Crippen LogP contribution is -2.32. The molecule has 4 rings (SSSR count). The van der Waals surface area contributed by atoms with Gasteiger partial charge in [0.2, 0.25) is 5.76 Å². The Labute approximate surface area is 160 Å². The minimum Gasteiger partial charge on any atom is -0.450 e. The van der Waals surface area contributed by atoms with Crippen molar-refractivity contribution in [1.29, 1.82) is 0 Å². The molecule has 0 fully saturated rings. The van der Waals surface area contributed by atoms with E-state index in [1.54, 1.807) is 48.0 Å². The highest BCUT2D eigenvalue weighted by atomic mass is 32.2. The Bertz CT molecular complexity index is 1060. The first-order chi connectivity index (χ1) is 13.2. The van der Waals surface area contributed by atoms with Crippen molar-refractivity contribution in [2.24, 2.45) is 0 Å². The van der Waals surface area contributed by atoms with E-state index in [-0.39, 0.29) is 17.1 Å². The van der Waals surface area contributed by atoms with Gasteiger partial charge in [-0.25, -0.2) is 0 Å². The lowest BCUT2D eigenvalue weighted by atomic mass is 9.98. The van der Waals surface area contributed by atoms with Crippen molar-refractivity contribution >= 4 is 28.6 Å². The molecule has 0 unspecified atom stereocenters. The van der Waals surface area contributed by atoms with Gasteiger partial charge in [-0.05, 0) is 36.1 Å². The molecule has 1 aliphatic rings. The maximum Gasteiger partial charge on any atom is 0.290 e. The van der Waals surface area contributed by atoms with E-state index in [0.717, 1.165) is 10.5 Å². The summed E-state index contributed by atoms with van der Waals surface area (Å²) in [5.74, 6) is -0.141. The Morgan fingerprint density at radius 1 is 1.11 bits per heavy atom. The Hall–Kier alpha value is -2.57. The number of hydrogen-bond donors (Lipinski definition) is 0. The smallest absolute Gasteiger partial charge is 0.290 e. The van der Waals surface area contributed by atoms with E-state index in [0.29, 0.717) is 29.7 Å². The molecule has 0 radical (unpaired) electrons. The van der Waals surface area contributed by atoms with E-state index in [2.05, 4.69) is 0 Å². The highest BCUT2D eigenvalue weighted by Crippen LogP contribution is 2.38. The molecule has 1 aliphatic heterocycles. The van der Waals surface area contributed by atoms with Gasteiger partial charge >= 0.3 is 0 Å². The molecule has 0 saturated heterocycles. The molecule has 3 aromatic rings. The normalized spacial score (nSPS) is 16.1. The van der Waals surface area contributed by atoms with Gasteiger partial charge in [0.15, 0.2) is 5.43 Å². The lowest BCUT2D eigenvalue weighted by Gasteiger charge is -2.24.